The minimum Gasteiger partial charge on any atom is -0.496 e. The number of carbonyl (C=O) groups excluding carboxylic acids is 2. The van der Waals surface area contributed by atoms with Crippen molar-refractivity contribution in [3.63, 3.8) is 0 Å². The number of benzene rings is 1. The van der Waals surface area contributed by atoms with Crippen LogP contribution in [0.2, 0.25) is 0 Å². The molecule has 1 aromatic carbocycles. The van der Waals surface area contributed by atoms with Gasteiger partial charge < -0.3 is 19.3 Å². The van der Waals surface area contributed by atoms with E-state index in [2.05, 4.69) is 46.2 Å². The van der Waals surface area contributed by atoms with Crippen molar-refractivity contribution >= 4 is 23.5 Å². The number of ether oxygens (including phenoxy) is 2. The highest BCUT2D eigenvalue weighted by Crippen LogP contribution is 2.52. The predicted octanol–water partition coefficient (Wildman–Crippen LogP) is 2.35. The number of nitrogens with zero attached hydrogens (tertiary/aromatic N) is 4. The topological polar surface area (TPSA) is 110 Å². The summed E-state index contributed by atoms with van der Waals surface area (Å²) in [6.45, 7) is 7.06. The number of fused-ring (bicyclic) bond motifs is 2. The van der Waals surface area contributed by atoms with Crippen LogP contribution >= 0.6 is 11.8 Å². The number of nitriles is 1. The Morgan fingerprint density at radius 3 is 2.84 bits per heavy atom. The third-order valence-electron chi connectivity index (χ3n) is 10.3. The number of amides is 1. The maximum atomic E-state index is 14.6. The first kappa shape index (κ1) is 30.6. The molecule has 1 aromatic rings. The van der Waals surface area contributed by atoms with Gasteiger partial charge in [-0.2, -0.15) is 5.26 Å². The zero-order valence-electron chi connectivity index (χ0n) is 25.3. The Morgan fingerprint density at radius 2 is 2.09 bits per heavy atom. The summed E-state index contributed by atoms with van der Waals surface area (Å²) in [5, 5.41) is 16.9. The third kappa shape index (κ3) is 5.86. The molecule has 6 unspecified atom stereocenters. The van der Waals surface area contributed by atoms with Gasteiger partial charge in [-0.25, -0.2) is 0 Å². The summed E-state index contributed by atoms with van der Waals surface area (Å²) in [4.78, 5) is 34.8. The minimum atomic E-state index is -0.482. The van der Waals surface area contributed by atoms with Crippen molar-refractivity contribution in [1.82, 2.24) is 25.3 Å². The lowest BCUT2D eigenvalue weighted by Crippen LogP contribution is -2.75. The summed E-state index contributed by atoms with van der Waals surface area (Å²) >= 11 is 1.72. The van der Waals surface area contributed by atoms with E-state index in [9.17, 15) is 14.9 Å². The van der Waals surface area contributed by atoms with Gasteiger partial charge in [-0.3, -0.25) is 25.1 Å². The lowest BCUT2D eigenvalue weighted by Gasteiger charge is -2.55. The number of likely N-dealkylation sites (N-methyl/N-ethyl adjacent to an activating group) is 1. The largest absolute Gasteiger partial charge is 0.496 e. The van der Waals surface area contributed by atoms with E-state index in [4.69, 9.17) is 9.47 Å². The van der Waals surface area contributed by atoms with Crippen molar-refractivity contribution in [3.8, 4) is 11.8 Å². The molecule has 2 N–H and O–H groups in total. The van der Waals surface area contributed by atoms with Crippen LogP contribution in [-0.2, 0) is 20.7 Å². The third-order valence-corrected chi connectivity index (χ3v) is 11.9. The quantitative estimate of drug-likeness (QED) is 0.448. The summed E-state index contributed by atoms with van der Waals surface area (Å²) in [7, 11) is 3.85. The molecule has 11 heteroatoms. The molecule has 3 saturated heterocycles. The highest BCUT2D eigenvalue weighted by molar-refractivity contribution is 8.01. The zero-order valence-corrected chi connectivity index (χ0v) is 26.1. The molecule has 4 heterocycles. The molecule has 6 rings (SSSR count). The molecule has 7 atom stereocenters. The highest BCUT2D eigenvalue weighted by Gasteiger charge is 2.56. The molecule has 43 heavy (non-hydrogen) atoms. The number of piperazine rings is 1. The Balaban J connectivity index is 1.25. The summed E-state index contributed by atoms with van der Waals surface area (Å²) < 4.78 is 11.6. The second-order valence-electron chi connectivity index (χ2n) is 12.6. The molecule has 10 nitrogen and oxygen atoms in total. The summed E-state index contributed by atoms with van der Waals surface area (Å²) in [6.07, 6.45) is 6.59. The van der Waals surface area contributed by atoms with E-state index < -0.39 is 11.1 Å². The Kier molecular flexibility index (Phi) is 9.15. The first-order chi connectivity index (χ1) is 20.9. The number of carbonyl (C=O) groups is 2. The smallest absolute Gasteiger partial charge is 0.246 e. The van der Waals surface area contributed by atoms with Gasteiger partial charge in [0.2, 0.25) is 5.91 Å². The van der Waals surface area contributed by atoms with Gasteiger partial charge in [0, 0.05) is 42.1 Å². The van der Waals surface area contributed by atoms with Gasteiger partial charge in [-0.15, -0.1) is 11.8 Å². The second-order valence-corrected chi connectivity index (χ2v) is 14.0. The fourth-order valence-electron chi connectivity index (χ4n) is 7.90. The molecule has 1 amide bonds. The number of hydrogen-bond acceptors (Lipinski definition) is 10. The van der Waals surface area contributed by atoms with E-state index in [0.29, 0.717) is 32.3 Å². The van der Waals surface area contributed by atoms with Crippen molar-refractivity contribution in [2.45, 2.75) is 85.2 Å². The lowest BCUT2D eigenvalue weighted by atomic mass is 9.72. The number of hydrogen-bond donors (Lipinski definition) is 2. The van der Waals surface area contributed by atoms with Crippen molar-refractivity contribution in [3.05, 3.63) is 36.4 Å². The first-order valence-electron chi connectivity index (χ1n) is 15.6. The Bertz CT molecular complexity index is 1270. The SMILES string of the molecule is C=CC(=O)N1CCN(C2NC(OCC3CCCN3C)NC3C(=O)[C@]4(CCc5c(OC)cccc5S4)CCC32)CC1CC#N. The average Bonchev–Trinajstić information content (AvgIpc) is 3.45. The van der Waals surface area contributed by atoms with Gasteiger partial charge >= 0.3 is 0 Å². The Morgan fingerprint density at radius 1 is 1.23 bits per heavy atom. The zero-order chi connectivity index (χ0) is 30.1. The van der Waals surface area contributed by atoms with Crippen LogP contribution < -0.4 is 15.4 Å². The van der Waals surface area contributed by atoms with E-state index in [0.717, 1.165) is 49.3 Å². The van der Waals surface area contributed by atoms with Crippen molar-refractivity contribution in [2.24, 2.45) is 5.92 Å². The lowest BCUT2D eigenvalue weighted by molar-refractivity contribution is -0.145. The van der Waals surface area contributed by atoms with Crippen molar-refractivity contribution in [1.29, 1.82) is 5.26 Å². The molecule has 4 fully saturated rings. The summed E-state index contributed by atoms with van der Waals surface area (Å²) in [5.74, 6) is 1.06. The molecule has 5 aliphatic rings. The van der Waals surface area contributed by atoms with Crippen LogP contribution in [0.5, 0.6) is 5.75 Å². The van der Waals surface area contributed by atoms with Crippen LogP contribution in [0.15, 0.2) is 35.7 Å². The summed E-state index contributed by atoms with van der Waals surface area (Å²) in [5.41, 5.74) is 1.20. The molecular formula is C32H44N6O4S. The molecule has 0 radical (unpaired) electrons. The van der Waals surface area contributed by atoms with Crippen LogP contribution in [0.3, 0.4) is 0 Å². The number of ketones is 1. The maximum Gasteiger partial charge on any atom is 0.246 e. The number of rotatable bonds is 7. The van der Waals surface area contributed by atoms with Crippen LogP contribution in [0.25, 0.3) is 0 Å². The Labute approximate surface area is 259 Å². The molecule has 232 valence electrons. The van der Waals surface area contributed by atoms with E-state index in [1.54, 1.807) is 23.8 Å². The fraction of sp³-hybridized carbons (Fsp3) is 0.656. The molecule has 1 spiro atoms. The molecule has 4 aliphatic heterocycles. The normalized spacial score (nSPS) is 34.8. The van der Waals surface area contributed by atoms with Gasteiger partial charge in [0.15, 0.2) is 12.1 Å². The number of likely N-dealkylation sites (tertiary alicyclic amines) is 1. The molecule has 1 saturated carbocycles. The Hall–Kier alpha value is -2.46. The van der Waals surface area contributed by atoms with Crippen LogP contribution in [-0.4, -0.2) is 109 Å². The number of Topliss-reactive ketones (excluding diaryl/α,β-unsaturated/α-hetero) is 1. The monoisotopic (exact) mass is 608 g/mol. The number of methoxy groups -OCH3 is 1. The number of thioether (sulfide) groups is 1. The van der Waals surface area contributed by atoms with E-state index in [1.165, 1.54) is 18.1 Å². The standard InChI is InChI=1S/C32H44N6O4S/c1-4-27(39)38-18-17-37(19-21(38)12-15-33)30-24-11-14-32(13-10-23-25(41-3)8-5-9-26(23)43-32)29(40)28(24)34-31(35-30)42-20-22-7-6-16-36(22)2/h4-5,8-9,21-22,24,28,30-31,34-35H,1,6-7,10-14,16-20H2,2-3H3/t21?,22?,24?,28?,30?,31?,32-/m0/s1. The van der Waals surface area contributed by atoms with Gasteiger partial charge in [0.25, 0.3) is 0 Å². The van der Waals surface area contributed by atoms with Gasteiger partial charge in [-0.05, 0) is 70.3 Å². The van der Waals surface area contributed by atoms with Gasteiger partial charge in [-0.1, -0.05) is 12.6 Å². The van der Waals surface area contributed by atoms with E-state index >= 15 is 0 Å². The first-order valence-corrected chi connectivity index (χ1v) is 16.5. The predicted molar refractivity (Wildman–Crippen MR) is 164 cm³/mol. The second kappa shape index (κ2) is 12.9. The van der Waals surface area contributed by atoms with Crippen molar-refractivity contribution in [2.75, 3.05) is 46.9 Å². The molecule has 0 aromatic heterocycles. The minimum absolute atomic E-state index is 0.0452. The molecule has 0 bridgehead atoms. The van der Waals surface area contributed by atoms with Crippen molar-refractivity contribution < 1.29 is 19.1 Å². The summed E-state index contributed by atoms with van der Waals surface area (Å²) in [6, 6.07) is 8.18. The highest BCUT2D eigenvalue weighted by atomic mass is 32.2. The van der Waals surface area contributed by atoms with Crippen LogP contribution in [0, 0.1) is 17.2 Å². The fourth-order valence-corrected chi connectivity index (χ4v) is 9.45. The van der Waals surface area contributed by atoms with Crippen LogP contribution in [0.4, 0.5) is 0 Å². The van der Waals surface area contributed by atoms with Gasteiger partial charge in [0.1, 0.15) is 5.75 Å². The van der Waals surface area contributed by atoms with Gasteiger partial charge in [0.05, 0.1) is 49.2 Å². The maximum absolute atomic E-state index is 14.6. The number of nitrogens with one attached hydrogen (secondary N) is 2. The van der Waals surface area contributed by atoms with E-state index in [-0.39, 0.29) is 42.3 Å². The molecule has 1 aliphatic carbocycles. The average molecular weight is 609 g/mol. The van der Waals surface area contributed by atoms with E-state index in [1.807, 2.05) is 12.1 Å². The van der Waals surface area contributed by atoms with Crippen LogP contribution in [0.1, 0.15) is 44.1 Å². The molecular weight excluding hydrogens is 564 g/mol.